The molecule has 0 aliphatic heterocycles. The van der Waals surface area contributed by atoms with Gasteiger partial charge in [-0.15, -0.1) is 23.1 Å². The summed E-state index contributed by atoms with van der Waals surface area (Å²) in [7, 11) is 0. The third-order valence-corrected chi connectivity index (χ3v) is 9.64. The van der Waals surface area contributed by atoms with Crippen LogP contribution in [-0.2, 0) is 17.6 Å². The molecule has 0 saturated heterocycles. The van der Waals surface area contributed by atoms with Gasteiger partial charge in [-0.3, -0.25) is 9.59 Å². The number of carbonyl (C=O) groups is 2. The Bertz CT molecular complexity index is 735. The maximum atomic E-state index is 12.6. The number of primary amides is 1. The van der Waals surface area contributed by atoms with E-state index in [4.69, 9.17) is 5.73 Å². The molecule has 4 bridgehead atoms. The zero-order valence-corrected chi connectivity index (χ0v) is 16.6. The number of nitrogens with one attached hydrogen (secondary N) is 1. The zero-order chi connectivity index (χ0) is 17.9. The number of hydrogen-bond donors (Lipinski definition) is 2. The standard InChI is InChI=1S/C20H26N2O2S2/c21-18(24)17-14-2-1-3-15(14)26-19(17)22-16(23)10-25-20-7-11-4-12(8-20)6-13(5-11)9-20/h11-13H,1-10H2,(H2,21,24)(H,22,23). The van der Waals surface area contributed by atoms with E-state index in [1.54, 1.807) is 11.3 Å². The molecular weight excluding hydrogens is 364 g/mol. The second kappa shape index (κ2) is 6.26. The lowest BCUT2D eigenvalue weighted by Gasteiger charge is -2.56. The fourth-order valence-electron chi connectivity index (χ4n) is 6.34. The van der Waals surface area contributed by atoms with Crippen LogP contribution >= 0.6 is 23.1 Å². The highest BCUT2D eigenvalue weighted by Gasteiger charge is 2.51. The highest BCUT2D eigenvalue weighted by Crippen LogP contribution is 2.60. The lowest BCUT2D eigenvalue weighted by molar-refractivity contribution is -0.113. The predicted molar refractivity (Wildman–Crippen MR) is 107 cm³/mol. The largest absolute Gasteiger partial charge is 0.365 e. The van der Waals surface area contributed by atoms with Crippen LogP contribution in [0.3, 0.4) is 0 Å². The van der Waals surface area contributed by atoms with Gasteiger partial charge in [-0.2, -0.15) is 0 Å². The van der Waals surface area contributed by atoms with Crippen LogP contribution in [-0.4, -0.2) is 22.3 Å². The number of thioether (sulfide) groups is 1. The van der Waals surface area contributed by atoms with Crippen LogP contribution in [0.25, 0.3) is 0 Å². The minimum Gasteiger partial charge on any atom is -0.365 e. The van der Waals surface area contributed by atoms with Gasteiger partial charge in [-0.1, -0.05) is 0 Å². The summed E-state index contributed by atoms with van der Waals surface area (Å²) in [5.41, 5.74) is 7.24. The molecule has 0 radical (unpaired) electrons. The van der Waals surface area contributed by atoms with E-state index in [0.717, 1.165) is 42.6 Å². The molecule has 26 heavy (non-hydrogen) atoms. The van der Waals surface area contributed by atoms with Crippen molar-refractivity contribution in [2.45, 2.75) is 62.5 Å². The number of thiophene rings is 1. The van der Waals surface area contributed by atoms with E-state index >= 15 is 0 Å². The lowest BCUT2D eigenvalue weighted by atomic mass is 9.56. The van der Waals surface area contributed by atoms with Crippen molar-refractivity contribution in [2.24, 2.45) is 23.5 Å². The second-order valence-corrected chi connectivity index (χ2v) is 11.4. The summed E-state index contributed by atoms with van der Waals surface area (Å²) in [5.74, 6) is 2.81. The zero-order valence-electron chi connectivity index (χ0n) is 15.0. The summed E-state index contributed by atoms with van der Waals surface area (Å²) in [4.78, 5) is 25.7. The maximum absolute atomic E-state index is 12.6. The molecule has 0 spiro atoms. The molecule has 6 heteroatoms. The molecule has 5 aliphatic carbocycles. The summed E-state index contributed by atoms with van der Waals surface area (Å²) >= 11 is 3.43. The number of rotatable bonds is 5. The van der Waals surface area contributed by atoms with E-state index in [9.17, 15) is 9.59 Å². The van der Waals surface area contributed by atoms with Crippen LogP contribution in [0.15, 0.2) is 0 Å². The van der Waals surface area contributed by atoms with Crippen molar-refractivity contribution < 1.29 is 9.59 Å². The Morgan fingerprint density at radius 3 is 2.38 bits per heavy atom. The first-order valence-electron chi connectivity index (χ1n) is 9.89. The molecule has 4 saturated carbocycles. The summed E-state index contributed by atoms with van der Waals surface area (Å²) < 4.78 is 0.343. The molecule has 4 fully saturated rings. The number of carbonyl (C=O) groups excluding carboxylic acids is 2. The Kier molecular flexibility index (Phi) is 4.12. The smallest absolute Gasteiger partial charge is 0.251 e. The van der Waals surface area contributed by atoms with E-state index in [1.807, 2.05) is 11.8 Å². The molecule has 0 unspecified atom stereocenters. The van der Waals surface area contributed by atoms with Crippen LogP contribution in [0.1, 0.15) is 65.7 Å². The van der Waals surface area contributed by atoms with Crippen LogP contribution in [0.4, 0.5) is 5.00 Å². The van der Waals surface area contributed by atoms with Gasteiger partial charge in [0, 0.05) is 9.62 Å². The van der Waals surface area contributed by atoms with Crippen LogP contribution < -0.4 is 11.1 Å². The lowest BCUT2D eigenvalue weighted by Crippen LogP contribution is -2.49. The van der Waals surface area contributed by atoms with Gasteiger partial charge in [0.15, 0.2) is 0 Å². The monoisotopic (exact) mass is 390 g/mol. The van der Waals surface area contributed by atoms with Crippen LogP contribution in [0.5, 0.6) is 0 Å². The first kappa shape index (κ1) is 17.1. The minimum absolute atomic E-state index is 0.0215. The van der Waals surface area contributed by atoms with Gasteiger partial charge in [0.25, 0.3) is 5.91 Å². The fraction of sp³-hybridized carbons (Fsp3) is 0.700. The molecule has 140 valence electrons. The third kappa shape index (κ3) is 2.89. The van der Waals surface area contributed by atoms with E-state index in [1.165, 1.54) is 43.4 Å². The first-order chi connectivity index (χ1) is 12.5. The summed E-state index contributed by atoms with van der Waals surface area (Å²) in [6.07, 6.45) is 11.2. The molecule has 1 aromatic rings. The molecule has 1 heterocycles. The first-order valence-corrected chi connectivity index (χ1v) is 11.7. The van der Waals surface area contributed by atoms with Gasteiger partial charge in [-0.05, 0) is 81.1 Å². The van der Waals surface area contributed by atoms with Gasteiger partial charge in [-0.25, -0.2) is 0 Å². The van der Waals surface area contributed by atoms with Gasteiger partial charge >= 0.3 is 0 Å². The van der Waals surface area contributed by atoms with Gasteiger partial charge < -0.3 is 11.1 Å². The Morgan fingerprint density at radius 2 is 1.77 bits per heavy atom. The number of aryl methyl sites for hydroxylation is 1. The summed E-state index contributed by atoms with van der Waals surface area (Å²) in [5, 5.41) is 3.69. The molecule has 6 rings (SSSR count). The molecular formula is C20H26N2O2S2. The van der Waals surface area contributed by atoms with Gasteiger partial charge in [0.1, 0.15) is 5.00 Å². The van der Waals surface area contributed by atoms with Gasteiger partial charge in [0.2, 0.25) is 5.91 Å². The van der Waals surface area contributed by atoms with Gasteiger partial charge in [0.05, 0.1) is 11.3 Å². The van der Waals surface area contributed by atoms with E-state index in [-0.39, 0.29) is 5.91 Å². The maximum Gasteiger partial charge on any atom is 0.251 e. The van der Waals surface area contributed by atoms with Crippen molar-refractivity contribution in [1.82, 2.24) is 0 Å². The summed E-state index contributed by atoms with van der Waals surface area (Å²) in [6.45, 7) is 0. The average molecular weight is 391 g/mol. The number of amides is 2. The molecule has 1 aromatic heterocycles. The molecule has 2 amide bonds. The normalized spacial score (nSPS) is 34.1. The highest BCUT2D eigenvalue weighted by atomic mass is 32.2. The van der Waals surface area contributed by atoms with Crippen molar-refractivity contribution in [2.75, 3.05) is 11.1 Å². The number of hydrogen-bond acceptors (Lipinski definition) is 4. The highest BCUT2D eigenvalue weighted by molar-refractivity contribution is 8.01. The Labute approximate surface area is 162 Å². The van der Waals surface area contributed by atoms with E-state index < -0.39 is 5.91 Å². The number of fused-ring (bicyclic) bond motifs is 1. The van der Waals surface area contributed by atoms with Crippen molar-refractivity contribution in [3.05, 3.63) is 16.0 Å². The summed E-state index contributed by atoms with van der Waals surface area (Å²) in [6, 6.07) is 0. The van der Waals surface area contributed by atoms with Crippen molar-refractivity contribution in [1.29, 1.82) is 0 Å². The molecule has 3 N–H and O–H groups in total. The van der Waals surface area contributed by atoms with E-state index in [2.05, 4.69) is 5.32 Å². The Balaban J connectivity index is 1.26. The van der Waals surface area contributed by atoms with Crippen LogP contribution in [0.2, 0.25) is 0 Å². The van der Waals surface area contributed by atoms with Crippen molar-refractivity contribution in [3.8, 4) is 0 Å². The van der Waals surface area contributed by atoms with Crippen molar-refractivity contribution in [3.63, 3.8) is 0 Å². The minimum atomic E-state index is -0.409. The van der Waals surface area contributed by atoms with Crippen molar-refractivity contribution >= 4 is 39.9 Å². The molecule has 0 aromatic carbocycles. The van der Waals surface area contributed by atoms with E-state index in [0.29, 0.717) is 21.1 Å². The third-order valence-electron chi connectivity index (χ3n) is 6.91. The Hall–Kier alpha value is -1.01. The SMILES string of the molecule is NC(=O)c1c(NC(=O)CSC23CC4CC(CC(C4)C2)C3)sc2c1CCC2. The quantitative estimate of drug-likeness (QED) is 0.799. The fourth-order valence-corrected chi connectivity index (χ4v) is 9.22. The second-order valence-electron chi connectivity index (χ2n) is 8.86. The molecule has 0 atom stereocenters. The predicted octanol–water partition coefficient (Wildman–Crippen LogP) is 3.98. The number of nitrogens with two attached hydrogens (primary N) is 1. The Morgan fingerprint density at radius 1 is 1.12 bits per heavy atom. The molecule has 5 aliphatic rings. The average Bonchev–Trinajstić information content (AvgIpc) is 3.12. The topological polar surface area (TPSA) is 72.2 Å². The number of anilines is 1. The molecule has 4 nitrogen and oxygen atoms in total. The van der Waals surface area contributed by atoms with Crippen LogP contribution in [0, 0.1) is 17.8 Å².